The van der Waals surface area contributed by atoms with E-state index in [2.05, 4.69) is 13.8 Å². The van der Waals surface area contributed by atoms with E-state index >= 15 is 0 Å². The van der Waals surface area contributed by atoms with Gasteiger partial charge in [-0.05, 0) is 36.5 Å². The Morgan fingerprint density at radius 2 is 1.95 bits per heavy atom. The zero-order chi connectivity index (χ0) is 13.1. The maximum Gasteiger partial charge on any atom is 0.253 e. The summed E-state index contributed by atoms with van der Waals surface area (Å²) in [4.78, 5) is 14.2. The van der Waals surface area contributed by atoms with Crippen molar-refractivity contribution in [1.29, 1.82) is 0 Å². The topological polar surface area (TPSA) is 46.3 Å². The molecule has 0 saturated carbocycles. The number of hydrogen-bond donors (Lipinski definition) is 1. The highest BCUT2D eigenvalue weighted by Crippen LogP contribution is 2.17. The Morgan fingerprint density at radius 1 is 1.32 bits per heavy atom. The normalized spacial score (nSPS) is 19.2. The van der Waals surface area contributed by atoms with Crippen LogP contribution in [0.1, 0.15) is 48.5 Å². The predicted octanol–water partition coefficient (Wildman–Crippen LogP) is 2.80. The van der Waals surface area contributed by atoms with Gasteiger partial charge < -0.3 is 10.6 Å². The number of hydrogen-bond acceptors (Lipinski definition) is 2. The van der Waals surface area contributed by atoms with Crippen molar-refractivity contribution in [3.8, 4) is 0 Å². The van der Waals surface area contributed by atoms with Gasteiger partial charge in [0.25, 0.3) is 5.91 Å². The summed E-state index contributed by atoms with van der Waals surface area (Å²) >= 11 is 0. The van der Waals surface area contributed by atoms with Crippen molar-refractivity contribution in [3.63, 3.8) is 0 Å². The summed E-state index contributed by atoms with van der Waals surface area (Å²) in [6.45, 7) is 5.82. The Morgan fingerprint density at radius 3 is 2.47 bits per heavy atom. The first-order valence-corrected chi connectivity index (χ1v) is 6.72. The van der Waals surface area contributed by atoms with Crippen LogP contribution in [0, 0.1) is 0 Å². The van der Waals surface area contributed by atoms with Gasteiger partial charge in [0.05, 0.1) is 0 Å². The van der Waals surface area contributed by atoms with Gasteiger partial charge in [0.1, 0.15) is 0 Å². The lowest BCUT2D eigenvalue weighted by atomic mass is 10.0. The lowest BCUT2D eigenvalue weighted by Gasteiger charge is -2.30. The first kappa shape index (κ1) is 16.0. The van der Waals surface area contributed by atoms with E-state index < -0.39 is 0 Å². The molecule has 1 heterocycles. The quantitative estimate of drug-likeness (QED) is 0.907. The van der Waals surface area contributed by atoms with E-state index in [1.165, 1.54) is 5.56 Å². The Balaban J connectivity index is 0.00000180. The van der Waals surface area contributed by atoms with E-state index in [0.717, 1.165) is 24.9 Å². The summed E-state index contributed by atoms with van der Waals surface area (Å²) in [7, 11) is 0. The minimum atomic E-state index is 0. The SMILES string of the molecule is CC(C)c1ccc(C(=O)N2CCC[C@@H](N)C2)cc1.Cl. The molecule has 0 bridgehead atoms. The fourth-order valence-electron chi connectivity index (χ4n) is 2.39. The van der Waals surface area contributed by atoms with Crippen LogP contribution >= 0.6 is 12.4 Å². The van der Waals surface area contributed by atoms with Crippen molar-refractivity contribution < 1.29 is 4.79 Å². The van der Waals surface area contributed by atoms with Crippen LogP contribution in [0.3, 0.4) is 0 Å². The lowest BCUT2D eigenvalue weighted by molar-refractivity contribution is 0.0709. The molecule has 2 N–H and O–H groups in total. The molecule has 1 aliphatic rings. The standard InChI is InChI=1S/C15H22N2O.ClH/c1-11(2)12-5-7-13(8-6-12)15(18)17-9-3-4-14(16)10-17;/h5-8,11,14H,3-4,9-10,16H2,1-2H3;1H/t14-;/m1./s1. The van der Waals surface area contributed by atoms with Gasteiger partial charge in [-0.15, -0.1) is 12.4 Å². The van der Waals surface area contributed by atoms with Crippen LogP contribution in [0.25, 0.3) is 0 Å². The molecule has 2 rings (SSSR count). The molecule has 19 heavy (non-hydrogen) atoms. The number of carbonyl (C=O) groups is 1. The Bertz CT molecular complexity index is 417. The molecule has 1 fully saturated rings. The lowest BCUT2D eigenvalue weighted by Crippen LogP contribution is -2.45. The minimum absolute atomic E-state index is 0. The van der Waals surface area contributed by atoms with Crippen LogP contribution < -0.4 is 5.73 Å². The third-order valence-electron chi connectivity index (χ3n) is 3.57. The smallest absolute Gasteiger partial charge is 0.253 e. The fourth-order valence-corrected chi connectivity index (χ4v) is 2.39. The third-order valence-corrected chi connectivity index (χ3v) is 3.57. The van der Waals surface area contributed by atoms with E-state index in [9.17, 15) is 4.79 Å². The van der Waals surface area contributed by atoms with Crippen molar-refractivity contribution >= 4 is 18.3 Å². The molecule has 106 valence electrons. The Labute approximate surface area is 121 Å². The zero-order valence-corrected chi connectivity index (χ0v) is 12.5. The molecule has 1 aliphatic heterocycles. The molecule has 1 aromatic carbocycles. The highest BCUT2D eigenvalue weighted by molar-refractivity contribution is 5.94. The number of rotatable bonds is 2. The summed E-state index contributed by atoms with van der Waals surface area (Å²) in [5, 5.41) is 0. The van der Waals surface area contributed by atoms with Gasteiger partial charge in [-0.2, -0.15) is 0 Å². The molecule has 1 saturated heterocycles. The number of amides is 1. The second-order valence-corrected chi connectivity index (χ2v) is 5.43. The number of piperidine rings is 1. The molecule has 4 heteroatoms. The number of likely N-dealkylation sites (tertiary alicyclic amines) is 1. The summed E-state index contributed by atoms with van der Waals surface area (Å²) in [6.07, 6.45) is 2.03. The van der Waals surface area contributed by atoms with E-state index in [1.807, 2.05) is 29.2 Å². The summed E-state index contributed by atoms with van der Waals surface area (Å²) < 4.78 is 0. The molecule has 3 nitrogen and oxygen atoms in total. The molecular weight excluding hydrogens is 260 g/mol. The average Bonchev–Trinajstić information content (AvgIpc) is 2.38. The van der Waals surface area contributed by atoms with Crippen molar-refractivity contribution in [2.45, 2.75) is 38.6 Å². The highest BCUT2D eigenvalue weighted by Gasteiger charge is 2.22. The molecule has 0 radical (unpaired) electrons. The molecule has 0 unspecified atom stereocenters. The number of benzene rings is 1. The van der Waals surface area contributed by atoms with Crippen LogP contribution in [0.2, 0.25) is 0 Å². The number of nitrogens with two attached hydrogens (primary N) is 1. The molecular formula is C15H23ClN2O. The Kier molecular flexibility index (Phi) is 5.83. The van der Waals surface area contributed by atoms with Crippen molar-refractivity contribution in [3.05, 3.63) is 35.4 Å². The second kappa shape index (κ2) is 6.92. The third kappa shape index (κ3) is 3.95. The van der Waals surface area contributed by atoms with Gasteiger partial charge in [0, 0.05) is 24.7 Å². The largest absolute Gasteiger partial charge is 0.337 e. The van der Waals surface area contributed by atoms with E-state index in [0.29, 0.717) is 12.5 Å². The Hall–Kier alpha value is -1.06. The predicted molar refractivity (Wildman–Crippen MR) is 80.9 cm³/mol. The molecule has 1 atom stereocenters. The number of nitrogens with zero attached hydrogens (tertiary/aromatic N) is 1. The summed E-state index contributed by atoms with van der Waals surface area (Å²) in [5.41, 5.74) is 7.95. The van der Waals surface area contributed by atoms with Gasteiger partial charge in [-0.25, -0.2) is 0 Å². The second-order valence-electron chi connectivity index (χ2n) is 5.43. The van der Waals surface area contributed by atoms with E-state index in [4.69, 9.17) is 5.73 Å². The maximum atomic E-state index is 12.3. The molecule has 0 spiro atoms. The molecule has 0 aromatic heterocycles. The molecule has 1 amide bonds. The maximum absolute atomic E-state index is 12.3. The average molecular weight is 283 g/mol. The van der Waals surface area contributed by atoms with Crippen LogP contribution in [0.4, 0.5) is 0 Å². The summed E-state index contributed by atoms with van der Waals surface area (Å²) in [6, 6.07) is 8.08. The van der Waals surface area contributed by atoms with Gasteiger partial charge >= 0.3 is 0 Å². The van der Waals surface area contributed by atoms with Crippen LogP contribution in [0.5, 0.6) is 0 Å². The first-order chi connectivity index (χ1) is 8.58. The molecule has 1 aromatic rings. The van der Waals surface area contributed by atoms with Crippen molar-refractivity contribution in [2.24, 2.45) is 5.73 Å². The minimum Gasteiger partial charge on any atom is -0.337 e. The number of halogens is 1. The highest BCUT2D eigenvalue weighted by atomic mass is 35.5. The summed E-state index contributed by atoms with van der Waals surface area (Å²) in [5.74, 6) is 0.609. The molecule has 0 aliphatic carbocycles. The van der Waals surface area contributed by atoms with Gasteiger partial charge in [-0.1, -0.05) is 26.0 Å². The van der Waals surface area contributed by atoms with Crippen LogP contribution in [0.15, 0.2) is 24.3 Å². The van der Waals surface area contributed by atoms with Gasteiger partial charge in [0.2, 0.25) is 0 Å². The van der Waals surface area contributed by atoms with E-state index in [-0.39, 0.29) is 24.4 Å². The van der Waals surface area contributed by atoms with Crippen molar-refractivity contribution in [1.82, 2.24) is 4.90 Å². The van der Waals surface area contributed by atoms with Crippen LogP contribution in [-0.2, 0) is 0 Å². The first-order valence-electron chi connectivity index (χ1n) is 6.72. The fraction of sp³-hybridized carbons (Fsp3) is 0.533. The van der Waals surface area contributed by atoms with E-state index in [1.54, 1.807) is 0 Å². The van der Waals surface area contributed by atoms with Gasteiger partial charge in [-0.3, -0.25) is 4.79 Å². The zero-order valence-electron chi connectivity index (χ0n) is 11.6. The van der Waals surface area contributed by atoms with Crippen LogP contribution in [-0.4, -0.2) is 29.9 Å². The van der Waals surface area contributed by atoms with Crippen molar-refractivity contribution in [2.75, 3.05) is 13.1 Å². The number of carbonyl (C=O) groups excluding carboxylic acids is 1. The monoisotopic (exact) mass is 282 g/mol. The van der Waals surface area contributed by atoms with Gasteiger partial charge in [0.15, 0.2) is 0 Å².